The number of nitrogens with zero attached hydrogens (tertiary/aromatic N) is 2. The first-order valence-corrected chi connectivity index (χ1v) is 10.9. The zero-order valence-corrected chi connectivity index (χ0v) is 18.7. The Hall–Kier alpha value is -0.0900. The van der Waals surface area contributed by atoms with E-state index in [0.29, 0.717) is 12.5 Å². The molecule has 2 unspecified atom stereocenters. The first kappa shape index (κ1) is 23.9. The fourth-order valence-electron chi connectivity index (χ4n) is 2.90. The van der Waals surface area contributed by atoms with Gasteiger partial charge in [0.2, 0.25) is 0 Å². The van der Waals surface area contributed by atoms with Crippen LogP contribution in [0.5, 0.6) is 0 Å². The third-order valence-electron chi connectivity index (χ3n) is 4.26. The summed E-state index contributed by atoms with van der Waals surface area (Å²) in [7, 11) is -2.91. The molecule has 2 N–H and O–H groups in total. The lowest BCUT2D eigenvalue weighted by atomic mass is 10.0. The summed E-state index contributed by atoms with van der Waals surface area (Å²) in [6, 6.07) is 0.603. The van der Waals surface area contributed by atoms with Gasteiger partial charge in [0.05, 0.1) is 12.3 Å². The summed E-state index contributed by atoms with van der Waals surface area (Å²) >= 11 is 0. The van der Waals surface area contributed by atoms with E-state index in [0.717, 1.165) is 25.6 Å². The van der Waals surface area contributed by atoms with Crippen molar-refractivity contribution in [2.45, 2.75) is 58.5 Å². The van der Waals surface area contributed by atoms with Gasteiger partial charge in [0.15, 0.2) is 5.96 Å². The van der Waals surface area contributed by atoms with Gasteiger partial charge in [0.25, 0.3) is 0 Å². The maximum Gasteiger partial charge on any atom is 0.191 e. The third kappa shape index (κ3) is 10.0. The third-order valence-corrected chi connectivity index (χ3v) is 5.24. The number of nitrogens with one attached hydrogen (secondary N) is 2. The number of halogens is 1. The zero-order valence-electron chi connectivity index (χ0n) is 15.5. The van der Waals surface area contributed by atoms with Crippen molar-refractivity contribution in [2.24, 2.45) is 4.99 Å². The van der Waals surface area contributed by atoms with Crippen molar-refractivity contribution in [3.63, 3.8) is 0 Å². The fraction of sp³-hybridized carbons (Fsp3) is 0.938. The van der Waals surface area contributed by atoms with Gasteiger partial charge in [-0.05, 0) is 46.2 Å². The van der Waals surface area contributed by atoms with Gasteiger partial charge >= 0.3 is 0 Å². The van der Waals surface area contributed by atoms with Crippen molar-refractivity contribution in [1.82, 2.24) is 15.5 Å². The molecule has 144 valence electrons. The number of hydrogen-bond donors (Lipinski definition) is 2. The van der Waals surface area contributed by atoms with Crippen molar-refractivity contribution in [2.75, 3.05) is 38.2 Å². The van der Waals surface area contributed by atoms with E-state index in [-0.39, 0.29) is 35.8 Å². The Morgan fingerprint density at radius 3 is 2.62 bits per heavy atom. The molecular formula is C16H35IN4O2S. The average Bonchev–Trinajstić information content (AvgIpc) is 2.50. The van der Waals surface area contributed by atoms with Crippen LogP contribution in [0.2, 0.25) is 0 Å². The van der Waals surface area contributed by atoms with Crippen LogP contribution in [0.25, 0.3) is 0 Å². The van der Waals surface area contributed by atoms with Gasteiger partial charge in [-0.1, -0.05) is 13.3 Å². The van der Waals surface area contributed by atoms with Crippen molar-refractivity contribution < 1.29 is 8.42 Å². The van der Waals surface area contributed by atoms with E-state index in [1.54, 1.807) is 0 Å². The van der Waals surface area contributed by atoms with Crippen LogP contribution in [0, 0.1) is 0 Å². The Kier molecular flexibility index (Phi) is 12.2. The smallest absolute Gasteiger partial charge is 0.191 e. The number of guanidine groups is 1. The molecule has 24 heavy (non-hydrogen) atoms. The Morgan fingerprint density at radius 1 is 1.33 bits per heavy atom. The van der Waals surface area contributed by atoms with Gasteiger partial charge in [-0.15, -0.1) is 24.0 Å². The Bertz CT molecular complexity index is 471. The maximum absolute atomic E-state index is 11.3. The van der Waals surface area contributed by atoms with Crippen molar-refractivity contribution in [1.29, 1.82) is 0 Å². The van der Waals surface area contributed by atoms with Crippen LogP contribution >= 0.6 is 24.0 Å². The topological polar surface area (TPSA) is 73.8 Å². The first-order valence-electron chi connectivity index (χ1n) is 8.82. The van der Waals surface area contributed by atoms with Crippen LogP contribution in [0.15, 0.2) is 4.99 Å². The molecule has 0 aromatic carbocycles. The van der Waals surface area contributed by atoms with E-state index in [9.17, 15) is 8.42 Å². The van der Waals surface area contributed by atoms with E-state index >= 15 is 0 Å². The van der Waals surface area contributed by atoms with Gasteiger partial charge in [-0.25, -0.2) is 8.42 Å². The quantitative estimate of drug-likeness (QED) is 0.319. The SMILES string of the molecule is CCNC(=NCC1CCCCN1CC)NC(C)CCS(C)(=O)=O.I. The van der Waals surface area contributed by atoms with E-state index < -0.39 is 9.84 Å². The predicted molar refractivity (Wildman–Crippen MR) is 113 cm³/mol. The largest absolute Gasteiger partial charge is 0.357 e. The summed E-state index contributed by atoms with van der Waals surface area (Å²) in [5.41, 5.74) is 0. The van der Waals surface area contributed by atoms with Gasteiger partial charge < -0.3 is 10.6 Å². The maximum atomic E-state index is 11.3. The van der Waals surface area contributed by atoms with Crippen molar-refractivity contribution in [3.05, 3.63) is 0 Å². The van der Waals surface area contributed by atoms with Crippen LogP contribution in [-0.2, 0) is 9.84 Å². The second-order valence-electron chi connectivity index (χ2n) is 6.46. The van der Waals surface area contributed by atoms with E-state index in [1.165, 1.54) is 32.1 Å². The number of hydrogen-bond acceptors (Lipinski definition) is 4. The van der Waals surface area contributed by atoms with Gasteiger partial charge in [0, 0.05) is 24.9 Å². The summed E-state index contributed by atoms with van der Waals surface area (Å²) in [6.45, 7) is 10.1. The van der Waals surface area contributed by atoms with Gasteiger partial charge in [-0.2, -0.15) is 0 Å². The number of aliphatic imine (C=N–C) groups is 1. The molecule has 0 saturated carbocycles. The normalized spacial score (nSPS) is 21.0. The molecule has 0 radical (unpaired) electrons. The standard InChI is InChI=1S/C16H34N4O2S.HI/c1-5-17-16(19-14(3)10-12-23(4,21)22)18-13-15-9-7-8-11-20(15)6-2;/h14-15H,5-13H2,1-4H3,(H2,17,18,19);1H. The summed E-state index contributed by atoms with van der Waals surface area (Å²) in [6.07, 6.45) is 5.65. The molecule has 0 aromatic heterocycles. The molecule has 1 rings (SSSR count). The summed E-state index contributed by atoms with van der Waals surface area (Å²) in [4.78, 5) is 7.23. The number of rotatable bonds is 8. The lowest BCUT2D eigenvalue weighted by Gasteiger charge is -2.34. The Morgan fingerprint density at radius 2 is 2.04 bits per heavy atom. The highest BCUT2D eigenvalue weighted by atomic mass is 127. The molecule has 1 aliphatic rings. The molecular weight excluding hydrogens is 439 g/mol. The minimum absolute atomic E-state index is 0. The number of piperidine rings is 1. The molecule has 6 nitrogen and oxygen atoms in total. The molecule has 0 spiro atoms. The van der Waals surface area contributed by atoms with Crippen LogP contribution < -0.4 is 10.6 Å². The Balaban J connectivity index is 0.00000529. The highest BCUT2D eigenvalue weighted by Crippen LogP contribution is 2.16. The molecule has 0 aromatic rings. The molecule has 1 saturated heterocycles. The summed E-state index contributed by atoms with van der Waals surface area (Å²) < 4.78 is 22.5. The molecule has 1 fully saturated rings. The minimum Gasteiger partial charge on any atom is -0.357 e. The predicted octanol–water partition coefficient (Wildman–Crippen LogP) is 1.86. The van der Waals surface area contributed by atoms with Crippen LogP contribution in [0.3, 0.4) is 0 Å². The van der Waals surface area contributed by atoms with Crippen molar-refractivity contribution in [3.8, 4) is 0 Å². The first-order chi connectivity index (χ1) is 10.9. The Labute approximate surface area is 165 Å². The molecule has 1 heterocycles. The van der Waals surface area contributed by atoms with Crippen LogP contribution in [-0.4, -0.2) is 69.5 Å². The van der Waals surface area contributed by atoms with Gasteiger partial charge in [-0.3, -0.25) is 9.89 Å². The second kappa shape index (κ2) is 12.3. The molecule has 2 atom stereocenters. The average molecular weight is 474 g/mol. The molecule has 0 amide bonds. The molecule has 1 aliphatic heterocycles. The molecule has 0 aliphatic carbocycles. The number of likely N-dealkylation sites (tertiary alicyclic amines) is 1. The van der Waals surface area contributed by atoms with Crippen LogP contribution in [0.1, 0.15) is 46.5 Å². The monoisotopic (exact) mass is 474 g/mol. The molecule has 0 bridgehead atoms. The van der Waals surface area contributed by atoms with Gasteiger partial charge in [0.1, 0.15) is 9.84 Å². The van der Waals surface area contributed by atoms with Crippen molar-refractivity contribution >= 4 is 39.8 Å². The lowest BCUT2D eigenvalue weighted by molar-refractivity contribution is 0.161. The summed E-state index contributed by atoms with van der Waals surface area (Å²) in [5.74, 6) is 0.988. The zero-order chi connectivity index (χ0) is 17.3. The number of likely N-dealkylation sites (N-methyl/N-ethyl adjacent to an activating group) is 1. The van der Waals surface area contributed by atoms with Crippen LogP contribution in [0.4, 0.5) is 0 Å². The van der Waals surface area contributed by atoms with E-state index in [4.69, 9.17) is 4.99 Å². The minimum atomic E-state index is -2.91. The second-order valence-corrected chi connectivity index (χ2v) is 8.72. The lowest BCUT2D eigenvalue weighted by Crippen LogP contribution is -2.45. The van der Waals surface area contributed by atoms with E-state index in [2.05, 4.69) is 22.5 Å². The fourth-order valence-corrected chi connectivity index (χ4v) is 3.68. The summed E-state index contributed by atoms with van der Waals surface area (Å²) in [5, 5.41) is 6.57. The van der Waals surface area contributed by atoms with E-state index in [1.807, 2.05) is 13.8 Å². The highest BCUT2D eigenvalue weighted by molar-refractivity contribution is 14.0. The molecule has 8 heteroatoms. The highest BCUT2D eigenvalue weighted by Gasteiger charge is 2.20. The number of sulfone groups is 1.